The summed E-state index contributed by atoms with van der Waals surface area (Å²) in [6.07, 6.45) is 9.28. The van der Waals surface area contributed by atoms with Gasteiger partial charge in [-0.1, -0.05) is 0 Å². The first-order chi connectivity index (χ1) is 8.83. The van der Waals surface area contributed by atoms with Gasteiger partial charge in [0.15, 0.2) is 5.75 Å². The molecule has 0 radical (unpaired) electrons. The fourth-order valence-electron chi connectivity index (χ4n) is 2.41. The first-order valence-corrected chi connectivity index (χ1v) is 6.79. The minimum atomic E-state index is 0.292. The fourth-order valence-corrected chi connectivity index (χ4v) is 2.41. The molecule has 0 bridgehead atoms. The molecule has 0 spiro atoms. The third kappa shape index (κ3) is 3.03. The number of aromatic nitrogens is 2. The van der Waals surface area contributed by atoms with Crippen LogP contribution >= 0.6 is 0 Å². The molecule has 2 atom stereocenters. The molecule has 0 amide bonds. The van der Waals surface area contributed by atoms with E-state index in [2.05, 4.69) is 10.4 Å². The van der Waals surface area contributed by atoms with E-state index < -0.39 is 0 Å². The summed E-state index contributed by atoms with van der Waals surface area (Å²) in [5.74, 6) is 0.806. The SMILES string of the molecule is COc1cnn(CC2CCC(CNC3CC3)O2)c1. The fraction of sp³-hybridized carbons (Fsp3) is 0.769. The van der Waals surface area contributed by atoms with E-state index in [1.54, 1.807) is 13.3 Å². The molecule has 1 aliphatic heterocycles. The third-order valence-electron chi connectivity index (χ3n) is 3.64. The molecule has 5 nitrogen and oxygen atoms in total. The highest BCUT2D eigenvalue weighted by Crippen LogP contribution is 2.23. The van der Waals surface area contributed by atoms with Crippen LogP contribution in [0.1, 0.15) is 25.7 Å². The van der Waals surface area contributed by atoms with E-state index in [1.165, 1.54) is 12.8 Å². The highest BCUT2D eigenvalue weighted by Gasteiger charge is 2.28. The molecule has 1 saturated carbocycles. The van der Waals surface area contributed by atoms with Crippen LogP contribution in [-0.4, -0.2) is 41.7 Å². The van der Waals surface area contributed by atoms with E-state index >= 15 is 0 Å². The Hall–Kier alpha value is -1.07. The predicted octanol–water partition coefficient (Wildman–Crippen LogP) is 1.19. The number of rotatable bonds is 6. The van der Waals surface area contributed by atoms with E-state index in [-0.39, 0.29) is 0 Å². The van der Waals surface area contributed by atoms with Crippen molar-refractivity contribution in [1.82, 2.24) is 15.1 Å². The smallest absolute Gasteiger partial charge is 0.156 e. The highest BCUT2D eigenvalue weighted by molar-refractivity contribution is 5.11. The van der Waals surface area contributed by atoms with Crippen molar-refractivity contribution in [3.8, 4) is 5.75 Å². The van der Waals surface area contributed by atoms with Gasteiger partial charge in [-0.05, 0) is 25.7 Å². The number of methoxy groups -OCH3 is 1. The first-order valence-electron chi connectivity index (χ1n) is 6.79. The van der Waals surface area contributed by atoms with Gasteiger partial charge in [-0.2, -0.15) is 5.10 Å². The van der Waals surface area contributed by atoms with Crippen LogP contribution in [0, 0.1) is 0 Å². The number of nitrogens with zero attached hydrogens (tertiary/aromatic N) is 2. The minimum absolute atomic E-state index is 0.292. The maximum Gasteiger partial charge on any atom is 0.156 e. The summed E-state index contributed by atoms with van der Waals surface area (Å²) in [4.78, 5) is 0. The number of hydrogen-bond donors (Lipinski definition) is 1. The number of hydrogen-bond acceptors (Lipinski definition) is 4. The van der Waals surface area contributed by atoms with Crippen molar-refractivity contribution in [3.05, 3.63) is 12.4 Å². The first kappa shape index (κ1) is 12.0. The normalized spacial score (nSPS) is 27.6. The maximum absolute atomic E-state index is 6.02. The van der Waals surface area contributed by atoms with Crippen molar-refractivity contribution in [3.63, 3.8) is 0 Å². The maximum atomic E-state index is 6.02. The molecule has 1 aromatic heterocycles. The topological polar surface area (TPSA) is 48.3 Å². The summed E-state index contributed by atoms with van der Waals surface area (Å²) < 4.78 is 13.0. The van der Waals surface area contributed by atoms with Crippen molar-refractivity contribution in [2.24, 2.45) is 0 Å². The lowest BCUT2D eigenvalue weighted by molar-refractivity contribution is 0.0340. The van der Waals surface area contributed by atoms with E-state index in [0.717, 1.165) is 37.7 Å². The van der Waals surface area contributed by atoms with Gasteiger partial charge in [0.05, 0.1) is 38.3 Å². The third-order valence-corrected chi connectivity index (χ3v) is 3.64. The Balaban J connectivity index is 1.43. The molecule has 2 heterocycles. The van der Waals surface area contributed by atoms with E-state index in [9.17, 15) is 0 Å². The zero-order valence-corrected chi connectivity index (χ0v) is 10.8. The Morgan fingerprint density at radius 3 is 2.94 bits per heavy atom. The van der Waals surface area contributed by atoms with Gasteiger partial charge in [-0.15, -0.1) is 0 Å². The molecule has 2 fully saturated rings. The largest absolute Gasteiger partial charge is 0.493 e. The van der Waals surface area contributed by atoms with E-state index in [0.29, 0.717) is 12.2 Å². The van der Waals surface area contributed by atoms with Crippen molar-refractivity contribution >= 4 is 0 Å². The Bertz CT molecular complexity index is 389. The molecule has 2 unspecified atom stereocenters. The molecule has 1 saturated heterocycles. The quantitative estimate of drug-likeness (QED) is 0.825. The minimum Gasteiger partial charge on any atom is -0.493 e. The van der Waals surface area contributed by atoms with Gasteiger partial charge in [0.2, 0.25) is 0 Å². The molecular weight excluding hydrogens is 230 g/mol. The molecule has 2 aliphatic rings. The van der Waals surface area contributed by atoms with Gasteiger partial charge in [0.25, 0.3) is 0 Å². The zero-order chi connectivity index (χ0) is 12.4. The van der Waals surface area contributed by atoms with Crippen LogP contribution in [-0.2, 0) is 11.3 Å². The summed E-state index contributed by atoms with van der Waals surface area (Å²) in [5.41, 5.74) is 0. The molecule has 100 valence electrons. The summed E-state index contributed by atoms with van der Waals surface area (Å²) >= 11 is 0. The number of ether oxygens (including phenoxy) is 2. The Morgan fingerprint density at radius 2 is 2.22 bits per heavy atom. The van der Waals surface area contributed by atoms with Crippen LogP contribution < -0.4 is 10.1 Å². The molecule has 1 aromatic rings. The van der Waals surface area contributed by atoms with Crippen molar-refractivity contribution in [2.45, 2.75) is 50.5 Å². The van der Waals surface area contributed by atoms with Gasteiger partial charge in [0, 0.05) is 12.6 Å². The summed E-state index contributed by atoms with van der Waals surface area (Å²) in [5, 5.41) is 7.78. The second-order valence-corrected chi connectivity index (χ2v) is 5.24. The van der Waals surface area contributed by atoms with Gasteiger partial charge < -0.3 is 14.8 Å². The lowest BCUT2D eigenvalue weighted by atomic mass is 10.2. The van der Waals surface area contributed by atoms with E-state index in [4.69, 9.17) is 9.47 Å². The number of nitrogens with one attached hydrogen (secondary N) is 1. The van der Waals surface area contributed by atoms with Crippen LogP contribution in [0.3, 0.4) is 0 Å². The second-order valence-electron chi connectivity index (χ2n) is 5.24. The van der Waals surface area contributed by atoms with Crippen molar-refractivity contribution in [2.75, 3.05) is 13.7 Å². The Morgan fingerprint density at radius 1 is 1.39 bits per heavy atom. The van der Waals surface area contributed by atoms with Gasteiger partial charge in [0.1, 0.15) is 0 Å². The van der Waals surface area contributed by atoms with Crippen LogP contribution in [0.5, 0.6) is 5.75 Å². The summed E-state index contributed by atoms with van der Waals surface area (Å²) in [7, 11) is 1.66. The van der Waals surface area contributed by atoms with Crippen LogP contribution in [0.15, 0.2) is 12.4 Å². The molecule has 1 aliphatic carbocycles. The van der Waals surface area contributed by atoms with Crippen LogP contribution in [0.4, 0.5) is 0 Å². The van der Waals surface area contributed by atoms with Gasteiger partial charge in [-0.3, -0.25) is 4.68 Å². The Labute approximate surface area is 107 Å². The predicted molar refractivity (Wildman–Crippen MR) is 67.7 cm³/mol. The average molecular weight is 251 g/mol. The zero-order valence-electron chi connectivity index (χ0n) is 10.8. The van der Waals surface area contributed by atoms with Crippen molar-refractivity contribution < 1.29 is 9.47 Å². The molecule has 1 N–H and O–H groups in total. The van der Waals surface area contributed by atoms with E-state index in [1.807, 2.05) is 10.9 Å². The molecule has 18 heavy (non-hydrogen) atoms. The van der Waals surface area contributed by atoms with Crippen LogP contribution in [0.25, 0.3) is 0 Å². The second kappa shape index (κ2) is 5.28. The molecule has 3 rings (SSSR count). The lowest BCUT2D eigenvalue weighted by Crippen LogP contribution is -2.29. The molecular formula is C13H21N3O2. The van der Waals surface area contributed by atoms with Crippen LogP contribution in [0.2, 0.25) is 0 Å². The highest BCUT2D eigenvalue weighted by atomic mass is 16.5. The Kier molecular flexibility index (Phi) is 3.52. The molecule has 0 aromatic carbocycles. The monoisotopic (exact) mass is 251 g/mol. The lowest BCUT2D eigenvalue weighted by Gasteiger charge is -2.14. The van der Waals surface area contributed by atoms with Gasteiger partial charge in [-0.25, -0.2) is 0 Å². The average Bonchev–Trinajstić information content (AvgIpc) is 2.93. The molecule has 5 heteroatoms. The summed E-state index contributed by atoms with van der Waals surface area (Å²) in [6, 6.07) is 0.767. The summed E-state index contributed by atoms with van der Waals surface area (Å²) in [6.45, 7) is 1.83. The standard InChI is InChI=1S/C13H21N3O2/c1-17-13-7-15-16(9-13)8-12-5-4-11(18-12)6-14-10-2-3-10/h7,9-12,14H,2-6,8H2,1H3. The van der Waals surface area contributed by atoms with Crippen molar-refractivity contribution in [1.29, 1.82) is 0 Å². The van der Waals surface area contributed by atoms with Gasteiger partial charge >= 0.3 is 0 Å².